The number of hydrogen-bond acceptors (Lipinski definition) is 4. The number of ether oxygens (including phenoxy) is 1. The Hall–Kier alpha value is -0.970. The van der Waals surface area contributed by atoms with Gasteiger partial charge in [-0.1, -0.05) is 26.8 Å². The molecule has 0 radical (unpaired) electrons. The van der Waals surface area contributed by atoms with Crippen molar-refractivity contribution >= 4 is 5.78 Å². The summed E-state index contributed by atoms with van der Waals surface area (Å²) in [5.41, 5.74) is -0.633. The molecular formula is C15H20O4. The molecule has 2 N–H and O–H groups in total. The minimum atomic E-state index is -1.73. The Labute approximate surface area is 112 Å². The van der Waals surface area contributed by atoms with Crippen LogP contribution in [0.25, 0.3) is 0 Å². The van der Waals surface area contributed by atoms with E-state index in [1.54, 1.807) is 6.08 Å². The van der Waals surface area contributed by atoms with Crippen LogP contribution in [0.1, 0.15) is 33.6 Å². The smallest absolute Gasteiger partial charge is 0.220 e. The van der Waals surface area contributed by atoms with Gasteiger partial charge in [-0.3, -0.25) is 4.79 Å². The first-order valence-corrected chi connectivity index (χ1v) is 6.81. The first kappa shape index (κ1) is 13.0. The van der Waals surface area contributed by atoms with Gasteiger partial charge in [0, 0.05) is 16.6 Å². The van der Waals surface area contributed by atoms with E-state index in [1.165, 1.54) is 0 Å². The summed E-state index contributed by atoms with van der Waals surface area (Å²) in [5, 5.41) is 21.9. The lowest BCUT2D eigenvalue weighted by Crippen LogP contribution is -2.64. The molecule has 1 aliphatic heterocycles. The molecule has 0 saturated heterocycles. The van der Waals surface area contributed by atoms with Gasteiger partial charge in [0.1, 0.15) is 5.60 Å². The third kappa shape index (κ3) is 1.37. The number of aliphatic hydroxyl groups is 2. The molecular weight excluding hydrogens is 244 g/mol. The maximum atomic E-state index is 12.0. The van der Waals surface area contributed by atoms with E-state index in [4.69, 9.17) is 4.74 Å². The van der Waals surface area contributed by atoms with Crippen molar-refractivity contribution in [2.75, 3.05) is 6.61 Å². The van der Waals surface area contributed by atoms with E-state index in [0.717, 1.165) is 0 Å². The molecule has 3 rings (SSSR count). The first-order valence-electron chi connectivity index (χ1n) is 6.81. The normalized spacial score (nSPS) is 45.1. The zero-order chi connectivity index (χ0) is 14.1. The zero-order valence-electron chi connectivity index (χ0n) is 11.6. The summed E-state index contributed by atoms with van der Waals surface area (Å²) in [7, 11) is 0. The van der Waals surface area contributed by atoms with E-state index in [9.17, 15) is 15.0 Å². The Morgan fingerprint density at radius 1 is 1.32 bits per heavy atom. The van der Waals surface area contributed by atoms with Crippen molar-refractivity contribution in [2.45, 2.75) is 45.0 Å². The summed E-state index contributed by atoms with van der Waals surface area (Å²) < 4.78 is 5.54. The van der Waals surface area contributed by atoms with Crippen LogP contribution in [0.15, 0.2) is 23.3 Å². The van der Waals surface area contributed by atoms with E-state index in [-0.39, 0.29) is 18.3 Å². The minimum Gasteiger partial charge on any atom is -0.384 e. The van der Waals surface area contributed by atoms with E-state index < -0.39 is 16.8 Å². The molecule has 0 spiro atoms. The largest absolute Gasteiger partial charge is 0.384 e. The molecule has 3 atom stereocenters. The second kappa shape index (κ2) is 3.57. The predicted octanol–water partition coefficient (Wildman–Crippen LogP) is 1.33. The van der Waals surface area contributed by atoms with E-state index in [2.05, 4.69) is 0 Å². The van der Waals surface area contributed by atoms with Gasteiger partial charge in [-0.05, 0) is 24.8 Å². The van der Waals surface area contributed by atoms with Gasteiger partial charge in [-0.2, -0.15) is 0 Å². The van der Waals surface area contributed by atoms with Gasteiger partial charge >= 0.3 is 0 Å². The molecule has 19 heavy (non-hydrogen) atoms. The fourth-order valence-electron chi connectivity index (χ4n) is 3.74. The molecule has 2 aliphatic carbocycles. The maximum absolute atomic E-state index is 12.0. The predicted molar refractivity (Wildman–Crippen MR) is 69.2 cm³/mol. The third-order valence-electron chi connectivity index (χ3n) is 5.10. The van der Waals surface area contributed by atoms with Gasteiger partial charge < -0.3 is 14.9 Å². The second-order valence-electron chi connectivity index (χ2n) is 6.48. The quantitative estimate of drug-likeness (QED) is 0.750. The minimum absolute atomic E-state index is 0.0830. The van der Waals surface area contributed by atoms with Crippen LogP contribution in [0.2, 0.25) is 0 Å². The zero-order valence-corrected chi connectivity index (χ0v) is 11.6. The van der Waals surface area contributed by atoms with Crippen LogP contribution >= 0.6 is 0 Å². The highest BCUT2D eigenvalue weighted by Crippen LogP contribution is 2.58. The van der Waals surface area contributed by atoms with Crippen molar-refractivity contribution in [3.05, 3.63) is 23.3 Å². The van der Waals surface area contributed by atoms with Crippen LogP contribution in [0, 0.1) is 11.3 Å². The Morgan fingerprint density at radius 2 is 2.00 bits per heavy atom. The Balaban J connectivity index is 2.21. The number of allylic oxidation sites excluding steroid dienone is 2. The molecule has 3 aliphatic rings. The molecule has 0 amide bonds. The molecule has 0 bridgehead atoms. The molecule has 1 heterocycles. The van der Waals surface area contributed by atoms with Crippen molar-refractivity contribution in [3.8, 4) is 0 Å². The molecule has 0 aromatic rings. The standard InChI is InChI=1S/C15H20O4/c1-9(2)14(17)7-6-13(3)5-4-11(16)10-8-19-15(14,18)12(10)13/h4-5,9,17-18H,6-8H2,1-3H3/t13-,14+,15-/m1/s1. The van der Waals surface area contributed by atoms with Crippen LogP contribution < -0.4 is 0 Å². The number of carbonyl (C=O) groups is 1. The van der Waals surface area contributed by atoms with E-state index in [1.807, 2.05) is 26.8 Å². The topological polar surface area (TPSA) is 66.8 Å². The van der Waals surface area contributed by atoms with Crippen LogP contribution in [0.4, 0.5) is 0 Å². The van der Waals surface area contributed by atoms with Gasteiger partial charge in [0.2, 0.25) is 5.79 Å². The lowest BCUT2D eigenvalue weighted by atomic mass is 9.58. The Kier molecular flexibility index (Phi) is 2.45. The average molecular weight is 264 g/mol. The van der Waals surface area contributed by atoms with E-state index in [0.29, 0.717) is 24.0 Å². The highest BCUT2D eigenvalue weighted by molar-refractivity contribution is 6.07. The first-order chi connectivity index (χ1) is 8.75. The van der Waals surface area contributed by atoms with Gasteiger partial charge in [-0.25, -0.2) is 0 Å². The van der Waals surface area contributed by atoms with E-state index >= 15 is 0 Å². The Bertz CT molecular complexity index is 518. The monoisotopic (exact) mass is 264 g/mol. The van der Waals surface area contributed by atoms with Gasteiger partial charge in [0.15, 0.2) is 5.78 Å². The van der Waals surface area contributed by atoms with Crippen molar-refractivity contribution in [1.82, 2.24) is 0 Å². The van der Waals surface area contributed by atoms with Crippen LogP contribution in [-0.2, 0) is 9.53 Å². The highest BCUT2D eigenvalue weighted by Gasteiger charge is 2.65. The van der Waals surface area contributed by atoms with Crippen molar-refractivity contribution in [3.63, 3.8) is 0 Å². The van der Waals surface area contributed by atoms with Gasteiger partial charge in [0.05, 0.1) is 6.61 Å². The van der Waals surface area contributed by atoms with Crippen LogP contribution in [0.3, 0.4) is 0 Å². The number of ketones is 1. The van der Waals surface area contributed by atoms with Crippen LogP contribution in [0.5, 0.6) is 0 Å². The molecule has 0 aromatic carbocycles. The second-order valence-corrected chi connectivity index (χ2v) is 6.48. The Morgan fingerprint density at radius 3 is 2.63 bits per heavy atom. The molecule has 0 unspecified atom stereocenters. The third-order valence-corrected chi connectivity index (χ3v) is 5.10. The number of rotatable bonds is 1. The molecule has 0 aromatic heterocycles. The molecule has 1 fully saturated rings. The van der Waals surface area contributed by atoms with Crippen LogP contribution in [-0.4, -0.2) is 34.0 Å². The fraction of sp³-hybridized carbons (Fsp3) is 0.667. The summed E-state index contributed by atoms with van der Waals surface area (Å²) in [6, 6.07) is 0. The van der Waals surface area contributed by atoms with Crippen molar-refractivity contribution in [1.29, 1.82) is 0 Å². The lowest BCUT2D eigenvalue weighted by Gasteiger charge is -2.53. The molecule has 4 nitrogen and oxygen atoms in total. The average Bonchev–Trinajstić information content (AvgIpc) is 2.72. The summed E-state index contributed by atoms with van der Waals surface area (Å²) in [4.78, 5) is 12.0. The molecule has 104 valence electrons. The summed E-state index contributed by atoms with van der Waals surface area (Å²) in [6.45, 7) is 5.80. The maximum Gasteiger partial charge on any atom is 0.220 e. The SMILES string of the molecule is CC(C)[C@@]1(O)CC[C@@]2(C)C=CC(=O)C3=C2[C@@]1(O)OC3. The number of hydrogen-bond donors (Lipinski definition) is 2. The van der Waals surface area contributed by atoms with Crippen molar-refractivity contribution in [2.24, 2.45) is 11.3 Å². The van der Waals surface area contributed by atoms with Gasteiger partial charge in [-0.15, -0.1) is 0 Å². The summed E-state index contributed by atoms with van der Waals surface area (Å²) in [5.74, 6) is -2.00. The molecule has 1 saturated carbocycles. The summed E-state index contributed by atoms with van der Waals surface area (Å²) in [6.07, 6.45) is 4.56. The van der Waals surface area contributed by atoms with Crippen molar-refractivity contribution < 1.29 is 19.7 Å². The number of carbonyl (C=O) groups excluding carboxylic acids is 1. The van der Waals surface area contributed by atoms with Gasteiger partial charge in [0.25, 0.3) is 0 Å². The highest BCUT2D eigenvalue weighted by atomic mass is 16.6. The molecule has 4 heteroatoms. The summed E-state index contributed by atoms with van der Waals surface area (Å²) >= 11 is 0. The fourth-order valence-corrected chi connectivity index (χ4v) is 3.74. The lowest BCUT2D eigenvalue weighted by molar-refractivity contribution is -0.294.